The molecule has 0 saturated carbocycles. The van der Waals surface area contributed by atoms with Gasteiger partial charge in [0, 0.05) is 31.1 Å². The number of aromatic nitrogens is 1. The van der Waals surface area contributed by atoms with Crippen LogP contribution in [0, 0.1) is 11.6 Å². The van der Waals surface area contributed by atoms with Crippen LogP contribution in [0.3, 0.4) is 0 Å². The summed E-state index contributed by atoms with van der Waals surface area (Å²) in [7, 11) is 0. The molecule has 0 fully saturated rings. The van der Waals surface area contributed by atoms with Crippen molar-refractivity contribution in [2.75, 3.05) is 6.54 Å². The number of nitrogens with zero attached hydrogens (tertiary/aromatic N) is 1. The molecule has 1 aromatic heterocycles. The Balaban J connectivity index is 1.76. The van der Waals surface area contributed by atoms with Crippen molar-refractivity contribution < 1.29 is 8.78 Å². The van der Waals surface area contributed by atoms with Crippen LogP contribution in [0.5, 0.6) is 0 Å². The maximum absolute atomic E-state index is 12.9. The summed E-state index contributed by atoms with van der Waals surface area (Å²) in [6.45, 7) is 1.30. The molecule has 0 aliphatic rings. The van der Waals surface area contributed by atoms with Gasteiger partial charge in [0.15, 0.2) is 11.6 Å². The summed E-state index contributed by atoms with van der Waals surface area (Å²) < 4.78 is 25.6. The number of thiazole rings is 1. The molecular weight excluding hydrogens is 242 g/mol. The lowest BCUT2D eigenvalue weighted by Crippen LogP contribution is -2.16. The predicted molar refractivity (Wildman–Crippen MR) is 63.9 cm³/mol. The van der Waals surface area contributed by atoms with E-state index in [0.717, 1.165) is 29.6 Å². The molecule has 0 unspecified atom stereocenters. The average Bonchev–Trinajstić information content (AvgIpc) is 2.82. The normalized spacial score (nSPS) is 10.7. The van der Waals surface area contributed by atoms with Gasteiger partial charge in [0.05, 0.1) is 5.01 Å². The highest BCUT2D eigenvalue weighted by Crippen LogP contribution is 2.08. The zero-order valence-electron chi connectivity index (χ0n) is 9.12. The van der Waals surface area contributed by atoms with Gasteiger partial charge in [-0.3, -0.25) is 0 Å². The Morgan fingerprint density at radius 2 is 2.12 bits per heavy atom. The number of hydrogen-bond acceptors (Lipinski definition) is 3. The van der Waals surface area contributed by atoms with Crippen molar-refractivity contribution in [1.82, 2.24) is 10.3 Å². The monoisotopic (exact) mass is 254 g/mol. The fourth-order valence-electron chi connectivity index (χ4n) is 1.45. The van der Waals surface area contributed by atoms with Crippen molar-refractivity contribution >= 4 is 11.3 Å². The molecule has 1 N–H and O–H groups in total. The van der Waals surface area contributed by atoms with E-state index >= 15 is 0 Å². The third kappa shape index (κ3) is 3.57. The second kappa shape index (κ2) is 5.84. The van der Waals surface area contributed by atoms with E-state index in [2.05, 4.69) is 10.3 Å². The quantitative estimate of drug-likeness (QED) is 0.830. The van der Waals surface area contributed by atoms with Gasteiger partial charge in [-0.05, 0) is 17.7 Å². The van der Waals surface area contributed by atoms with Crippen LogP contribution in [0.15, 0.2) is 29.8 Å². The summed E-state index contributed by atoms with van der Waals surface area (Å²) in [5.41, 5.74) is 0.739. The molecule has 0 spiro atoms. The van der Waals surface area contributed by atoms with E-state index in [1.165, 1.54) is 6.07 Å². The van der Waals surface area contributed by atoms with Gasteiger partial charge in [-0.2, -0.15) is 0 Å². The second-order valence-electron chi connectivity index (χ2n) is 3.60. The molecular formula is C12H12F2N2S. The Morgan fingerprint density at radius 1 is 1.24 bits per heavy atom. The summed E-state index contributed by atoms with van der Waals surface area (Å²) in [5.74, 6) is -1.61. The van der Waals surface area contributed by atoms with Crippen LogP contribution in [0.25, 0.3) is 0 Å². The molecule has 1 heterocycles. The van der Waals surface area contributed by atoms with E-state index in [1.807, 2.05) is 5.38 Å². The van der Waals surface area contributed by atoms with Crippen LogP contribution in [-0.4, -0.2) is 11.5 Å². The highest BCUT2D eigenvalue weighted by atomic mass is 32.1. The van der Waals surface area contributed by atoms with Crippen LogP contribution in [0.1, 0.15) is 10.6 Å². The minimum Gasteiger partial charge on any atom is -0.312 e. The SMILES string of the molecule is Fc1ccc(CNCCc2nccs2)cc1F. The standard InChI is InChI=1S/C12H12F2N2S/c13-10-2-1-9(7-11(10)14)8-15-4-3-12-16-5-6-17-12/h1-2,5-7,15H,3-4,8H2. The maximum Gasteiger partial charge on any atom is 0.159 e. The lowest BCUT2D eigenvalue weighted by atomic mass is 10.2. The van der Waals surface area contributed by atoms with E-state index in [-0.39, 0.29) is 0 Å². The van der Waals surface area contributed by atoms with Gasteiger partial charge in [-0.1, -0.05) is 6.07 Å². The minimum absolute atomic E-state index is 0.530. The summed E-state index contributed by atoms with van der Waals surface area (Å²) in [4.78, 5) is 4.16. The van der Waals surface area contributed by atoms with Gasteiger partial charge in [-0.25, -0.2) is 13.8 Å². The number of nitrogens with one attached hydrogen (secondary N) is 1. The van der Waals surface area contributed by atoms with Crippen LogP contribution in [0.4, 0.5) is 8.78 Å². The summed E-state index contributed by atoms with van der Waals surface area (Å²) in [5, 5.41) is 6.17. The molecule has 0 aliphatic heterocycles. The minimum atomic E-state index is -0.809. The fourth-order valence-corrected chi connectivity index (χ4v) is 2.07. The van der Waals surface area contributed by atoms with Crippen LogP contribution < -0.4 is 5.32 Å². The molecule has 0 aliphatic carbocycles. The highest BCUT2D eigenvalue weighted by Gasteiger charge is 2.02. The first-order chi connectivity index (χ1) is 8.25. The molecule has 0 amide bonds. The van der Waals surface area contributed by atoms with Gasteiger partial charge in [0.1, 0.15) is 0 Å². The Bertz CT molecular complexity index is 471. The first-order valence-electron chi connectivity index (χ1n) is 5.29. The first-order valence-corrected chi connectivity index (χ1v) is 6.16. The zero-order valence-corrected chi connectivity index (χ0v) is 9.94. The first kappa shape index (κ1) is 12.1. The average molecular weight is 254 g/mol. The molecule has 5 heteroatoms. The highest BCUT2D eigenvalue weighted by molar-refractivity contribution is 7.09. The fraction of sp³-hybridized carbons (Fsp3) is 0.250. The van der Waals surface area contributed by atoms with Crippen LogP contribution in [0.2, 0.25) is 0 Å². The van der Waals surface area contributed by atoms with Gasteiger partial charge in [0.25, 0.3) is 0 Å². The van der Waals surface area contributed by atoms with Gasteiger partial charge in [0.2, 0.25) is 0 Å². The topological polar surface area (TPSA) is 24.9 Å². The largest absolute Gasteiger partial charge is 0.312 e. The Labute approximate surface area is 102 Å². The van der Waals surface area contributed by atoms with E-state index in [0.29, 0.717) is 6.54 Å². The van der Waals surface area contributed by atoms with Crippen LogP contribution >= 0.6 is 11.3 Å². The summed E-state index contributed by atoms with van der Waals surface area (Å²) in [6, 6.07) is 3.94. The van der Waals surface area contributed by atoms with E-state index in [9.17, 15) is 8.78 Å². The molecule has 1 aromatic carbocycles. The predicted octanol–water partition coefficient (Wildman–Crippen LogP) is 2.75. The molecule has 2 nitrogen and oxygen atoms in total. The molecule has 17 heavy (non-hydrogen) atoms. The second-order valence-corrected chi connectivity index (χ2v) is 4.58. The van der Waals surface area contributed by atoms with Crippen molar-refractivity contribution in [3.8, 4) is 0 Å². The third-order valence-corrected chi connectivity index (χ3v) is 3.15. The maximum atomic E-state index is 12.9. The van der Waals surface area contributed by atoms with E-state index in [4.69, 9.17) is 0 Å². The molecule has 0 bridgehead atoms. The molecule has 2 rings (SSSR count). The molecule has 0 atom stereocenters. The summed E-state index contributed by atoms with van der Waals surface area (Å²) in [6.07, 6.45) is 2.62. The van der Waals surface area contributed by atoms with Crippen molar-refractivity contribution in [2.24, 2.45) is 0 Å². The van der Waals surface area contributed by atoms with Crippen molar-refractivity contribution in [3.63, 3.8) is 0 Å². The van der Waals surface area contributed by atoms with E-state index in [1.54, 1.807) is 23.6 Å². The number of benzene rings is 1. The Hall–Kier alpha value is -1.33. The lowest BCUT2D eigenvalue weighted by molar-refractivity contribution is 0.506. The zero-order chi connectivity index (χ0) is 12.1. The third-order valence-electron chi connectivity index (χ3n) is 2.31. The molecule has 0 saturated heterocycles. The van der Waals surface area contributed by atoms with Crippen LogP contribution in [-0.2, 0) is 13.0 Å². The molecule has 90 valence electrons. The number of halogens is 2. The van der Waals surface area contributed by atoms with E-state index < -0.39 is 11.6 Å². The smallest absolute Gasteiger partial charge is 0.159 e. The lowest BCUT2D eigenvalue weighted by Gasteiger charge is -2.04. The Morgan fingerprint density at radius 3 is 2.82 bits per heavy atom. The molecule has 0 radical (unpaired) electrons. The van der Waals surface area contributed by atoms with Crippen molar-refractivity contribution in [1.29, 1.82) is 0 Å². The van der Waals surface area contributed by atoms with Crippen molar-refractivity contribution in [3.05, 3.63) is 52.0 Å². The van der Waals surface area contributed by atoms with Gasteiger partial charge in [-0.15, -0.1) is 11.3 Å². The van der Waals surface area contributed by atoms with Gasteiger partial charge >= 0.3 is 0 Å². The number of rotatable bonds is 5. The molecule has 2 aromatic rings. The Kier molecular flexibility index (Phi) is 4.17. The summed E-state index contributed by atoms with van der Waals surface area (Å²) >= 11 is 1.61. The van der Waals surface area contributed by atoms with Gasteiger partial charge < -0.3 is 5.32 Å². The number of hydrogen-bond donors (Lipinski definition) is 1. The van der Waals surface area contributed by atoms with Crippen molar-refractivity contribution in [2.45, 2.75) is 13.0 Å².